The van der Waals surface area contributed by atoms with Crippen molar-refractivity contribution in [3.05, 3.63) is 59.4 Å². The number of sulfonamides is 1. The van der Waals surface area contributed by atoms with Crippen molar-refractivity contribution in [2.45, 2.75) is 50.0 Å². The third-order valence-corrected chi connectivity index (χ3v) is 7.47. The Bertz CT molecular complexity index is 1040. The minimum absolute atomic E-state index is 0.0539. The Kier molecular flexibility index (Phi) is 5.34. The van der Waals surface area contributed by atoms with Gasteiger partial charge >= 0.3 is 0 Å². The summed E-state index contributed by atoms with van der Waals surface area (Å²) in [6.45, 7) is 2.33. The number of carbonyl (C=O) groups is 1. The lowest BCUT2D eigenvalue weighted by Gasteiger charge is -2.31. The second-order valence-electron chi connectivity index (χ2n) is 8.00. The predicted molar refractivity (Wildman–Crippen MR) is 110 cm³/mol. The molecule has 0 aromatic heterocycles. The van der Waals surface area contributed by atoms with Gasteiger partial charge in [-0.1, -0.05) is 25.0 Å². The van der Waals surface area contributed by atoms with Gasteiger partial charge in [-0.05, 0) is 68.0 Å². The van der Waals surface area contributed by atoms with Crippen LogP contribution in [0.1, 0.15) is 48.0 Å². The highest BCUT2D eigenvalue weighted by Crippen LogP contribution is 2.37. The van der Waals surface area contributed by atoms with E-state index in [1.54, 1.807) is 31.2 Å². The van der Waals surface area contributed by atoms with Crippen LogP contribution in [0.25, 0.3) is 0 Å². The normalized spacial score (nSPS) is 21.7. The summed E-state index contributed by atoms with van der Waals surface area (Å²) < 4.78 is 41.5. The number of amides is 1. The lowest BCUT2D eigenvalue weighted by molar-refractivity contribution is 0.0690. The zero-order chi connectivity index (χ0) is 20.6. The molecule has 2 atom stereocenters. The molecule has 1 saturated carbocycles. The third kappa shape index (κ3) is 4.01. The number of likely N-dealkylation sites (tertiary alicyclic amines) is 1. The average molecular weight is 417 g/mol. The van der Waals surface area contributed by atoms with Crippen molar-refractivity contribution in [2.75, 3.05) is 11.3 Å². The van der Waals surface area contributed by atoms with E-state index in [2.05, 4.69) is 4.72 Å². The van der Waals surface area contributed by atoms with Crippen LogP contribution in [0.3, 0.4) is 0 Å². The Balaban J connectivity index is 1.54. The number of hydrogen-bond acceptors (Lipinski definition) is 3. The fraction of sp³-hybridized carbons (Fsp3) is 0.409. The molecule has 1 amide bonds. The summed E-state index contributed by atoms with van der Waals surface area (Å²) in [6, 6.07) is 10.6. The first-order chi connectivity index (χ1) is 13.8. The number of aryl methyl sites for hydroxylation is 1. The van der Waals surface area contributed by atoms with Gasteiger partial charge in [0, 0.05) is 23.8 Å². The van der Waals surface area contributed by atoms with E-state index >= 15 is 0 Å². The molecule has 0 spiro atoms. The van der Waals surface area contributed by atoms with Gasteiger partial charge in [0.15, 0.2) is 0 Å². The smallest absolute Gasteiger partial charge is 0.261 e. The molecule has 2 aromatic carbocycles. The van der Waals surface area contributed by atoms with Crippen LogP contribution in [-0.2, 0) is 10.0 Å². The highest BCUT2D eigenvalue weighted by atomic mass is 32.2. The predicted octanol–water partition coefficient (Wildman–Crippen LogP) is 4.34. The molecule has 7 heteroatoms. The molecule has 4 rings (SSSR count). The Hall–Kier alpha value is -2.41. The first kappa shape index (κ1) is 19.9. The van der Waals surface area contributed by atoms with E-state index in [0.29, 0.717) is 23.1 Å². The van der Waals surface area contributed by atoms with Gasteiger partial charge in [-0.25, -0.2) is 12.8 Å². The average Bonchev–Trinajstić information content (AvgIpc) is 3.13. The Labute approximate surface area is 171 Å². The maximum atomic E-state index is 13.8. The van der Waals surface area contributed by atoms with Crippen molar-refractivity contribution < 1.29 is 17.6 Å². The SMILES string of the molecule is Cc1ccc(S(=O)(=O)Nc2cccc(C(=O)N3CCC4CCCCC43)c2)cc1F. The molecular formula is C22H25FN2O3S. The summed E-state index contributed by atoms with van der Waals surface area (Å²) in [7, 11) is -3.95. The van der Waals surface area contributed by atoms with Crippen molar-refractivity contribution >= 4 is 21.6 Å². The number of anilines is 1. The summed E-state index contributed by atoms with van der Waals surface area (Å²) in [4.78, 5) is 14.9. The molecule has 1 saturated heterocycles. The largest absolute Gasteiger partial charge is 0.335 e. The lowest BCUT2D eigenvalue weighted by atomic mass is 9.85. The summed E-state index contributed by atoms with van der Waals surface area (Å²) in [5, 5.41) is 0. The van der Waals surface area contributed by atoms with Gasteiger partial charge in [-0.15, -0.1) is 0 Å². The van der Waals surface area contributed by atoms with E-state index in [1.807, 2.05) is 4.90 Å². The highest BCUT2D eigenvalue weighted by Gasteiger charge is 2.38. The lowest BCUT2D eigenvalue weighted by Crippen LogP contribution is -2.39. The molecule has 2 aromatic rings. The number of carbonyl (C=O) groups excluding carboxylic acids is 1. The van der Waals surface area contributed by atoms with Crippen LogP contribution < -0.4 is 4.72 Å². The Morgan fingerprint density at radius 3 is 2.69 bits per heavy atom. The van der Waals surface area contributed by atoms with Crippen molar-refractivity contribution in [1.29, 1.82) is 0 Å². The van der Waals surface area contributed by atoms with E-state index in [-0.39, 0.29) is 16.5 Å². The van der Waals surface area contributed by atoms with E-state index < -0.39 is 15.8 Å². The van der Waals surface area contributed by atoms with Gasteiger partial charge in [-0.2, -0.15) is 0 Å². The molecule has 2 fully saturated rings. The third-order valence-electron chi connectivity index (χ3n) is 6.09. The van der Waals surface area contributed by atoms with Gasteiger partial charge in [0.25, 0.3) is 15.9 Å². The Morgan fingerprint density at radius 2 is 1.90 bits per heavy atom. The van der Waals surface area contributed by atoms with Gasteiger partial charge in [-0.3, -0.25) is 9.52 Å². The van der Waals surface area contributed by atoms with Crippen LogP contribution in [-0.4, -0.2) is 31.8 Å². The fourth-order valence-corrected chi connectivity index (χ4v) is 5.56. The molecule has 1 N–H and O–H groups in total. The number of nitrogens with zero attached hydrogens (tertiary/aromatic N) is 1. The van der Waals surface area contributed by atoms with Crippen LogP contribution in [0.2, 0.25) is 0 Å². The van der Waals surface area contributed by atoms with Gasteiger partial charge < -0.3 is 4.90 Å². The maximum Gasteiger partial charge on any atom is 0.261 e. The summed E-state index contributed by atoms with van der Waals surface area (Å²) in [5.41, 5.74) is 1.13. The molecule has 2 unspecified atom stereocenters. The van der Waals surface area contributed by atoms with E-state index in [4.69, 9.17) is 0 Å². The molecule has 0 radical (unpaired) electrons. The number of nitrogens with one attached hydrogen (secondary N) is 1. The quantitative estimate of drug-likeness (QED) is 0.806. The summed E-state index contributed by atoms with van der Waals surface area (Å²) in [5.74, 6) is -0.0412. The Morgan fingerprint density at radius 1 is 1.10 bits per heavy atom. The topological polar surface area (TPSA) is 66.5 Å². The molecule has 1 aliphatic carbocycles. The minimum atomic E-state index is -3.95. The first-order valence-electron chi connectivity index (χ1n) is 10.1. The molecule has 154 valence electrons. The van der Waals surface area contributed by atoms with Gasteiger partial charge in [0.1, 0.15) is 5.82 Å². The molecule has 5 nitrogen and oxygen atoms in total. The first-order valence-corrected chi connectivity index (χ1v) is 11.5. The molecule has 2 aliphatic rings. The number of rotatable bonds is 4. The van der Waals surface area contributed by atoms with E-state index in [0.717, 1.165) is 31.9 Å². The second kappa shape index (κ2) is 7.78. The van der Waals surface area contributed by atoms with Crippen LogP contribution in [0.5, 0.6) is 0 Å². The summed E-state index contributed by atoms with van der Waals surface area (Å²) >= 11 is 0. The molecule has 0 bridgehead atoms. The zero-order valence-corrected chi connectivity index (χ0v) is 17.2. The number of hydrogen-bond donors (Lipinski definition) is 1. The fourth-order valence-electron chi connectivity index (χ4n) is 4.49. The molecule has 1 heterocycles. The van der Waals surface area contributed by atoms with Crippen molar-refractivity contribution in [1.82, 2.24) is 4.90 Å². The van der Waals surface area contributed by atoms with Crippen LogP contribution >= 0.6 is 0 Å². The van der Waals surface area contributed by atoms with Crippen LogP contribution in [0, 0.1) is 18.7 Å². The zero-order valence-electron chi connectivity index (χ0n) is 16.4. The van der Waals surface area contributed by atoms with Gasteiger partial charge in [0.2, 0.25) is 0 Å². The second-order valence-corrected chi connectivity index (χ2v) is 9.68. The molecule has 29 heavy (non-hydrogen) atoms. The minimum Gasteiger partial charge on any atom is -0.335 e. The monoisotopic (exact) mass is 416 g/mol. The summed E-state index contributed by atoms with van der Waals surface area (Å²) in [6.07, 6.45) is 5.66. The number of benzene rings is 2. The number of halogens is 1. The molecule has 1 aliphatic heterocycles. The van der Waals surface area contributed by atoms with Crippen molar-refractivity contribution in [2.24, 2.45) is 5.92 Å². The molecular weight excluding hydrogens is 391 g/mol. The highest BCUT2D eigenvalue weighted by molar-refractivity contribution is 7.92. The maximum absolute atomic E-state index is 13.8. The van der Waals surface area contributed by atoms with E-state index in [9.17, 15) is 17.6 Å². The van der Waals surface area contributed by atoms with Crippen molar-refractivity contribution in [3.63, 3.8) is 0 Å². The van der Waals surface area contributed by atoms with E-state index in [1.165, 1.54) is 25.0 Å². The standard InChI is InChI=1S/C22H25FN2O3S/c1-15-9-10-19(14-20(15)23)29(27,28)24-18-7-4-6-17(13-18)22(26)25-12-11-16-5-2-3-8-21(16)25/h4,6-7,9-10,13-14,16,21,24H,2-3,5,8,11-12H2,1H3. The van der Waals surface area contributed by atoms with Gasteiger partial charge in [0.05, 0.1) is 4.90 Å². The van der Waals surface area contributed by atoms with Crippen LogP contribution in [0.15, 0.2) is 47.4 Å². The van der Waals surface area contributed by atoms with Crippen LogP contribution in [0.4, 0.5) is 10.1 Å². The van der Waals surface area contributed by atoms with Crippen molar-refractivity contribution in [3.8, 4) is 0 Å². The number of fused-ring (bicyclic) bond motifs is 1.